The number of carbonyl (C=O) groups excluding carboxylic acids is 2. The van der Waals surface area contributed by atoms with Gasteiger partial charge in [0.1, 0.15) is 0 Å². The van der Waals surface area contributed by atoms with E-state index in [0.29, 0.717) is 6.42 Å². The van der Waals surface area contributed by atoms with Gasteiger partial charge in [-0.15, -0.1) is 0 Å². The molecule has 1 atom stereocenters. The van der Waals surface area contributed by atoms with Crippen molar-refractivity contribution in [2.75, 3.05) is 36.4 Å². The van der Waals surface area contributed by atoms with Crippen molar-refractivity contribution < 1.29 is 9.59 Å². The van der Waals surface area contributed by atoms with Crippen molar-refractivity contribution in [3.8, 4) is 0 Å². The molecule has 1 N–H and O–H groups in total. The number of nitrogens with zero attached hydrogens (tertiary/aromatic N) is 2. The summed E-state index contributed by atoms with van der Waals surface area (Å²) >= 11 is 0. The summed E-state index contributed by atoms with van der Waals surface area (Å²) in [5.41, 5.74) is 2.99. The molecule has 0 aliphatic carbocycles. The van der Waals surface area contributed by atoms with E-state index < -0.39 is 0 Å². The van der Waals surface area contributed by atoms with Crippen molar-refractivity contribution in [3.63, 3.8) is 0 Å². The zero-order chi connectivity index (χ0) is 22.4. The van der Waals surface area contributed by atoms with Gasteiger partial charge >= 0.3 is 0 Å². The first-order chi connectivity index (χ1) is 14.8. The van der Waals surface area contributed by atoms with Gasteiger partial charge in [0.25, 0.3) is 0 Å². The van der Waals surface area contributed by atoms with E-state index in [9.17, 15) is 9.59 Å². The lowest BCUT2D eigenvalue weighted by Crippen LogP contribution is -2.49. The van der Waals surface area contributed by atoms with E-state index in [4.69, 9.17) is 0 Å². The lowest BCUT2D eigenvalue weighted by Gasteiger charge is -2.37. The summed E-state index contributed by atoms with van der Waals surface area (Å²) in [7, 11) is 0. The average molecular weight is 422 g/mol. The van der Waals surface area contributed by atoms with Crippen LogP contribution in [0, 0.1) is 5.41 Å². The molecule has 3 rings (SSSR count). The van der Waals surface area contributed by atoms with Crippen molar-refractivity contribution in [2.24, 2.45) is 5.41 Å². The Bertz CT molecular complexity index is 864. The molecular weight excluding hydrogens is 386 g/mol. The van der Waals surface area contributed by atoms with Gasteiger partial charge in [-0.1, -0.05) is 58.0 Å². The molecule has 1 aliphatic heterocycles. The van der Waals surface area contributed by atoms with Crippen LogP contribution in [-0.4, -0.2) is 42.9 Å². The number of hydrogen-bond acceptors (Lipinski definition) is 3. The van der Waals surface area contributed by atoms with Crippen LogP contribution in [0.4, 0.5) is 11.4 Å². The van der Waals surface area contributed by atoms with Crippen LogP contribution in [0.3, 0.4) is 0 Å². The summed E-state index contributed by atoms with van der Waals surface area (Å²) in [6, 6.07) is 17.9. The first kappa shape index (κ1) is 22.9. The summed E-state index contributed by atoms with van der Waals surface area (Å²) < 4.78 is 0. The van der Waals surface area contributed by atoms with Gasteiger partial charge in [0.05, 0.1) is 5.92 Å². The molecule has 1 aliphatic rings. The molecular formula is C26H35N3O2. The van der Waals surface area contributed by atoms with Gasteiger partial charge < -0.3 is 15.1 Å². The standard InChI is InChI=1S/C26H35N3O2/c1-5-23(20-9-7-6-8-10-20)25(31)27-21-11-13-22(14-12-21)28-15-17-29(18-16-28)24(30)19-26(2,3)4/h6-14,23H,5,15-19H2,1-4H3,(H,27,31). The van der Waals surface area contributed by atoms with Crippen LogP contribution in [0.25, 0.3) is 0 Å². The van der Waals surface area contributed by atoms with E-state index in [1.54, 1.807) is 0 Å². The van der Waals surface area contributed by atoms with Gasteiger partial charge in [0.15, 0.2) is 0 Å². The molecule has 1 heterocycles. The first-order valence-corrected chi connectivity index (χ1v) is 11.3. The molecule has 2 aromatic carbocycles. The second-order valence-corrected chi connectivity index (χ2v) is 9.51. The summed E-state index contributed by atoms with van der Waals surface area (Å²) in [4.78, 5) is 29.5. The Kier molecular flexibility index (Phi) is 7.37. The molecule has 166 valence electrons. The highest BCUT2D eigenvalue weighted by Gasteiger charge is 2.25. The van der Waals surface area contributed by atoms with Crippen LogP contribution >= 0.6 is 0 Å². The summed E-state index contributed by atoms with van der Waals surface area (Å²) in [6.07, 6.45) is 1.34. The monoisotopic (exact) mass is 421 g/mol. The van der Waals surface area contributed by atoms with E-state index in [1.807, 2.05) is 66.4 Å². The molecule has 1 unspecified atom stereocenters. The van der Waals surface area contributed by atoms with Crippen molar-refractivity contribution in [1.29, 1.82) is 0 Å². The van der Waals surface area contributed by atoms with Crippen molar-refractivity contribution >= 4 is 23.2 Å². The zero-order valence-electron chi connectivity index (χ0n) is 19.2. The van der Waals surface area contributed by atoms with Crippen LogP contribution in [0.1, 0.15) is 52.0 Å². The van der Waals surface area contributed by atoms with E-state index in [2.05, 4.69) is 31.0 Å². The van der Waals surface area contributed by atoms with Gasteiger partial charge in [-0.3, -0.25) is 9.59 Å². The van der Waals surface area contributed by atoms with Crippen LogP contribution in [0.2, 0.25) is 0 Å². The second-order valence-electron chi connectivity index (χ2n) is 9.51. The highest BCUT2D eigenvalue weighted by molar-refractivity contribution is 5.96. The van der Waals surface area contributed by atoms with Gasteiger partial charge in [-0.25, -0.2) is 0 Å². The van der Waals surface area contributed by atoms with E-state index in [-0.39, 0.29) is 23.1 Å². The third-order valence-electron chi connectivity index (χ3n) is 5.74. The molecule has 0 bridgehead atoms. The summed E-state index contributed by atoms with van der Waals surface area (Å²) in [5, 5.41) is 3.05. The Balaban J connectivity index is 1.55. The Morgan fingerprint density at radius 3 is 2.10 bits per heavy atom. The largest absolute Gasteiger partial charge is 0.368 e. The SMILES string of the molecule is CCC(C(=O)Nc1ccc(N2CCN(C(=O)CC(C)(C)C)CC2)cc1)c1ccccc1. The van der Waals surface area contributed by atoms with Crippen LogP contribution < -0.4 is 10.2 Å². The fourth-order valence-electron chi connectivity index (χ4n) is 4.02. The number of amides is 2. The van der Waals surface area contributed by atoms with E-state index >= 15 is 0 Å². The minimum atomic E-state index is -0.153. The molecule has 1 fully saturated rings. The van der Waals surface area contributed by atoms with Crippen LogP contribution in [0.15, 0.2) is 54.6 Å². The highest BCUT2D eigenvalue weighted by Crippen LogP contribution is 2.25. The normalized spacial score (nSPS) is 15.5. The molecule has 0 aromatic heterocycles. The molecule has 5 heteroatoms. The molecule has 2 aromatic rings. The molecule has 0 saturated carbocycles. The fraction of sp³-hybridized carbons (Fsp3) is 0.462. The number of anilines is 2. The van der Waals surface area contributed by atoms with E-state index in [1.165, 1.54) is 0 Å². The quantitative estimate of drug-likeness (QED) is 0.721. The first-order valence-electron chi connectivity index (χ1n) is 11.3. The predicted octanol–water partition coefficient (Wildman–Crippen LogP) is 4.90. The molecule has 2 amide bonds. The minimum absolute atomic E-state index is 0.0196. The fourth-order valence-corrected chi connectivity index (χ4v) is 4.02. The number of benzene rings is 2. The summed E-state index contributed by atoms with van der Waals surface area (Å²) in [5.74, 6) is 0.112. The maximum atomic E-state index is 12.8. The molecule has 31 heavy (non-hydrogen) atoms. The second kappa shape index (κ2) is 9.99. The van der Waals surface area contributed by atoms with Crippen molar-refractivity contribution in [2.45, 2.75) is 46.5 Å². The molecule has 0 spiro atoms. The van der Waals surface area contributed by atoms with E-state index in [0.717, 1.165) is 49.5 Å². The van der Waals surface area contributed by atoms with Crippen LogP contribution in [-0.2, 0) is 9.59 Å². The highest BCUT2D eigenvalue weighted by atomic mass is 16.2. The third kappa shape index (κ3) is 6.33. The zero-order valence-corrected chi connectivity index (χ0v) is 19.2. The third-order valence-corrected chi connectivity index (χ3v) is 5.74. The van der Waals surface area contributed by atoms with Crippen molar-refractivity contribution in [3.05, 3.63) is 60.2 Å². The number of carbonyl (C=O) groups is 2. The number of rotatable bonds is 6. The molecule has 1 saturated heterocycles. The number of hydrogen-bond donors (Lipinski definition) is 1. The van der Waals surface area contributed by atoms with Gasteiger partial charge in [0.2, 0.25) is 11.8 Å². The molecule has 5 nitrogen and oxygen atoms in total. The average Bonchev–Trinajstić information content (AvgIpc) is 2.74. The Morgan fingerprint density at radius 1 is 0.935 bits per heavy atom. The Labute approximate surface area is 186 Å². The van der Waals surface area contributed by atoms with Gasteiger partial charge in [0, 0.05) is 44.0 Å². The maximum absolute atomic E-state index is 12.8. The van der Waals surface area contributed by atoms with Gasteiger partial charge in [-0.05, 0) is 41.7 Å². The van der Waals surface area contributed by atoms with Crippen molar-refractivity contribution in [1.82, 2.24) is 4.90 Å². The Hall–Kier alpha value is -2.82. The Morgan fingerprint density at radius 2 is 1.55 bits per heavy atom. The number of nitrogens with one attached hydrogen (secondary N) is 1. The minimum Gasteiger partial charge on any atom is -0.368 e. The van der Waals surface area contributed by atoms with Crippen LogP contribution in [0.5, 0.6) is 0 Å². The molecule has 0 radical (unpaired) electrons. The lowest BCUT2D eigenvalue weighted by atomic mass is 9.91. The maximum Gasteiger partial charge on any atom is 0.231 e. The topological polar surface area (TPSA) is 52.7 Å². The smallest absolute Gasteiger partial charge is 0.231 e. The summed E-state index contributed by atoms with van der Waals surface area (Å²) in [6.45, 7) is 11.5. The lowest BCUT2D eigenvalue weighted by molar-refractivity contribution is -0.133. The van der Waals surface area contributed by atoms with Gasteiger partial charge in [-0.2, -0.15) is 0 Å². The number of piperazine rings is 1. The predicted molar refractivity (Wildman–Crippen MR) is 127 cm³/mol.